The molecule has 1 aromatic carbocycles. The van der Waals surface area contributed by atoms with E-state index in [9.17, 15) is 4.79 Å². The summed E-state index contributed by atoms with van der Waals surface area (Å²) >= 11 is 3.32. The molecule has 78 valence electrons. The zero-order chi connectivity index (χ0) is 11.0. The molecule has 14 heavy (non-hydrogen) atoms. The third-order valence-electron chi connectivity index (χ3n) is 1.52. The summed E-state index contributed by atoms with van der Waals surface area (Å²) in [4.78, 5) is 10.2. The summed E-state index contributed by atoms with van der Waals surface area (Å²) in [7, 11) is 0. The van der Waals surface area contributed by atoms with Gasteiger partial charge in [-0.05, 0) is 24.1 Å². The van der Waals surface area contributed by atoms with Crippen LogP contribution in [0, 0.1) is 0 Å². The van der Waals surface area contributed by atoms with Crippen LogP contribution in [0.4, 0.5) is 0 Å². The molecule has 0 heterocycles. The van der Waals surface area contributed by atoms with Crippen molar-refractivity contribution in [2.75, 3.05) is 0 Å². The van der Waals surface area contributed by atoms with Crippen LogP contribution >= 0.6 is 15.9 Å². The molecule has 0 saturated heterocycles. The van der Waals surface area contributed by atoms with Crippen LogP contribution in [0.2, 0.25) is 0 Å². The predicted molar refractivity (Wildman–Crippen MR) is 61.4 cm³/mol. The molecular weight excluding hydrogens is 244 g/mol. The lowest BCUT2D eigenvalue weighted by molar-refractivity contribution is -0.136. The number of benzene rings is 1. The highest BCUT2D eigenvalue weighted by molar-refractivity contribution is 9.10. The van der Waals surface area contributed by atoms with Gasteiger partial charge in [0, 0.05) is 10.9 Å². The Hall–Kier alpha value is -0.830. The minimum absolute atomic E-state index is 0.191. The lowest BCUT2D eigenvalue weighted by Gasteiger charge is -1.98. The number of rotatable bonds is 3. The number of carboxylic acids is 1. The van der Waals surface area contributed by atoms with Crippen molar-refractivity contribution in [3.8, 4) is 0 Å². The van der Waals surface area contributed by atoms with Gasteiger partial charge in [0.2, 0.25) is 0 Å². The second-order valence-corrected chi connectivity index (χ2v) is 3.44. The molecule has 0 aromatic heterocycles. The number of aliphatic carboxylic acids is 1. The van der Waals surface area contributed by atoms with E-state index in [1.54, 1.807) is 0 Å². The second-order valence-electron chi connectivity index (χ2n) is 2.52. The summed E-state index contributed by atoms with van der Waals surface area (Å²) in [5.74, 6) is -0.755. The molecule has 0 amide bonds. The fourth-order valence-electron chi connectivity index (χ4n) is 0.944. The average molecular weight is 259 g/mol. The van der Waals surface area contributed by atoms with E-state index < -0.39 is 5.97 Å². The van der Waals surface area contributed by atoms with Crippen LogP contribution in [0.3, 0.4) is 0 Å². The molecular formula is C11H15BrO2. The first kappa shape index (κ1) is 13.2. The molecule has 0 bridgehead atoms. The fraction of sp³-hybridized carbons (Fsp3) is 0.364. The molecule has 2 nitrogen and oxygen atoms in total. The van der Waals surface area contributed by atoms with Gasteiger partial charge in [-0.3, -0.25) is 4.79 Å². The Morgan fingerprint density at radius 3 is 2.57 bits per heavy atom. The van der Waals surface area contributed by atoms with Gasteiger partial charge in [0.25, 0.3) is 0 Å². The van der Waals surface area contributed by atoms with Crippen molar-refractivity contribution in [2.45, 2.75) is 26.7 Å². The van der Waals surface area contributed by atoms with Gasteiger partial charge in [0.1, 0.15) is 0 Å². The quantitative estimate of drug-likeness (QED) is 0.902. The van der Waals surface area contributed by atoms with Crippen molar-refractivity contribution < 1.29 is 9.90 Å². The molecule has 0 aliphatic rings. The van der Waals surface area contributed by atoms with Crippen molar-refractivity contribution in [1.29, 1.82) is 0 Å². The van der Waals surface area contributed by atoms with Gasteiger partial charge in [0.05, 0.1) is 0 Å². The van der Waals surface area contributed by atoms with Crippen molar-refractivity contribution in [3.05, 3.63) is 34.3 Å². The van der Waals surface area contributed by atoms with E-state index >= 15 is 0 Å². The molecule has 0 unspecified atom stereocenters. The monoisotopic (exact) mass is 258 g/mol. The first-order valence-electron chi connectivity index (χ1n) is 4.65. The predicted octanol–water partition coefficient (Wildman–Crippen LogP) is 3.49. The molecule has 0 saturated carbocycles. The maximum atomic E-state index is 10.2. The smallest absolute Gasteiger partial charge is 0.303 e. The van der Waals surface area contributed by atoms with E-state index in [-0.39, 0.29) is 6.42 Å². The first-order chi connectivity index (χ1) is 6.68. The lowest BCUT2D eigenvalue weighted by atomic mass is 10.1. The number of aryl methyl sites for hydroxylation is 1. The minimum atomic E-state index is -0.755. The van der Waals surface area contributed by atoms with E-state index in [0.717, 1.165) is 10.0 Å². The Morgan fingerprint density at radius 1 is 1.43 bits per heavy atom. The highest BCUT2D eigenvalue weighted by Gasteiger charge is 1.98. The minimum Gasteiger partial charge on any atom is -0.481 e. The highest BCUT2D eigenvalue weighted by Crippen LogP contribution is 2.12. The average Bonchev–Trinajstić information content (AvgIpc) is 2.18. The van der Waals surface area contributed by atoms with E-state index in [1.165, 1.54) is 0 Å². The number of hydrogen-bond acceptors (Lipinski definition) is 1. The van der Waals surface area contributed by atoms with Crippen LogP contribution in [0.15, 0.2) is 28.7 Å². The SMILES string of the molecule is CC.O=C(O)CCc1cccc(Br)c1. The zero-order valence-electron chi connectivity index (χ0n) is 8.46. The van der Waals surface area contributed by atoms with E-state index in [1.807, 2.05) is 38.1 Å². The van der Waals surface area contributed by atoms with E-state index in [0.29, 0.717) is 6.42 Å². The maximum absolute atomic E-state index is 10.2. The third kappa shape index (κ3) is 5.75. The largest absolute Gasteiger partial charge is 0.481 e. The summed E-state index contributed by atoms with van der Waals surface area (Å²) in [5, 5.41) is 8.43. The van der Waals surface area contributed by atoms with Gasteiger partial charge in [-0.1, -0.05) is 41.9 Å². The molecule has 0 aliphatic carbocycles. The fourth-order valence-corrected chi connectivity index (χ4v) is 1.39. The normalized spacial score (nSPS) is 8.79. The van der Waals surface area contributed by atoms with E-state index in [2.05, 4.69) is 15.9 Å². The molecule has 0 aliphatic heterocycles. The van der Waals surface area contributed by atoms with Crippen LogP contribution in [-0.4, -0.2) is 11.1 Å². The summed E-state index contributed by atoms with van der Waals surface area (Å²) in [6.45, 7) is 4.00. The molecule has 1 N–H and O–H groups in total. The topological polar surface area (TPSA) is 37.3 Å². The van der Waals surface area contributed by atoms with Gasteiger partial charge in [-0.15, -0.1) is 0 Å². The van der Waals surface area contributed by atoms with Crippen LogP contribution in [0.1, 0.15) is 25.8 Å². The second kappa shape index (κ2) is 7.56. The first-order valence-corrected chi connectivity index (χ1v) is 5.44. The Kier molecular flexibility index (Phi) is 7.11. The van der Waals surface area contributed by atoms with Gasteiger partial charge >= 0.3 is 5.97 Å². The highest BCUT2D eigenvalue weighted by atomic mass is 79.9. The number of hydrogen-bond donors (Lipinski definition) is 1. The van der Waals surface area contributed by atoms with E-state index in [4.69, 9.17) is 5.11 Å². The third-order valence-corrected chi connectivity index (χ3v) is 2.01. The molecule has 0 fully saturated rings. The molecule has 1 aromatic rings. The summed E-state index contributed by atoms with van der Waals surface area (Å²) < 4.78 is 0.991. The molecule has 0 spiro atoms. The van der Waals surface area contributed by atoms with Crippen molar-refractivity contribution >= 4 is 21.9 Å². The van der Waals surface area contributed by atoms with Crippen molar-refractivity contribution in [1.82, 2.24) is 0 Å². The standard InChI is InChI=1S/C9H9BrO2.C2H6/c10-8-3-1-2-7(6-8)4-5-9(11)12;1-2/h1-3,6H,4-5H2,(H,11,12);1-2H3. The van der Waals surface area contributed by atoms with Gasteiger partial charge in [-0.25, -0.2) is 0 Å². The van der Waals surface area contributed by atoms with Gasteiger partial charge in [-0.2, -0.15) is 0 Å². The molecule has 3 heteroatoms. The lowest BCUT2D eigenvalue weighted by Crippen LogP contribution is -1.96. The Bertz CT molecular complexity index is 284. The summed E-state index contributed by atoms with van der Waals surface area (Å²) in [6.07, 6.45) is 0.783. The summed E-state index contributed by atoms with van der Waals surface area (Å²) in [5.41, 5.74) is 1.05. The van der Waals surface area contributed by atoms with Crippen LogP contribution < -0.4 is 0 Å². The number of carbonyl (C=O) groups is 1. The Morgan fingerprint density at radius 2 is 2.07 bits per heavy atom. The van der Waals surface area contributed by atoms with Crippen molar-refractivity contribution in [3.63, 3.8) is 0 Å². The molecule has 0 atom stereocenters. The molecule has 1 rings (SSSR count). The van der Waals surface area contributed by atoms with Crippen LogP contribution in [-0.2, 0) is 11.2 Å². The van der Waals surface area contributed by atoms with Crippen molar-refractivity contribution in [2.24, 2.45) is 0 Å². The summed E-state index contributed by atoms with van der Waals surface area (Å²) in [6, 6.07) is 7.68. The Balaban J connectivity index is 0.000000791. The molecule has 0 radical (unpaired) electrons. The number of carboxylic acid groups (broad SMARTS) is 1. The van der Waals surface area contributed by atoms with Gasteiger partial charge < -0.3 is 5.11 Å². The zero-order valence-corrected chi connectivity index (χ0v) is 10.0. The maximum Gasteiger partial charge on any atom is 0.303 e. The van der Waals surface area contributed by atoms with Gasteiger partial charge in [0.15, 0.2) is 0 Å². The number of halogens is 1. The Labute approximate surface area is 93.1 Å². The van der Waals surface area contributed by atoms with Crippen LogP contribution in [0.5, 0.6) is 0 Å². The van der Waals surface area contributed by atoms with Crippen LogP contribution in [0.25, 0.3) is 0 Å².